The Morgan fingerprint density at radius 2 is 2.30 bits per heavy atom. The summed E-state index contributed by atoms with van der Waals surface area (Å²) in [6, 6.07) is 0.136. The van der Waals surface area contributed by atoms with Gasteiger partial charge in [0.15, 0.2) is 6.29 Å². The van der Waals surface area contributed by atoms with Crippen molar-refractivity contribution in [2.45, 2.75) is 32.2 Å². The molecule has 20 heavy (non-hydrogen) atoms. The third-order valence-electron chi connectivity index (χ3n) is 3.24. The molecular formula is C13H22BrN3O3. The van der Waals surface area contributed by atoms with Crippen molar-refractivity contribution in [2.24, 2.45) is 0 Å². The Balaban J connectivity index is 2.11. The van der Waals surface area contributed by atoms with Gasteiger partial charge in [0.05, 0.1) is 48.8 Å². The molecule has 0 amide bonds. The number of halogens is 1. The Morgan fingerprint density at radius 3 is 2.95 bits per heavy atom. The number of ether oxygens (including phenoxy) is 3. The minimum Gasteiger partial charge on any atom is -0.383 e. The average molecular weight is 348 g/mol. The molecule has 1 aromatic heterocycles. The first-order valence-electron chi connectivity index (χ1n) is 6.93. The van der Waals surface area contributed by atoms with Crippen molar-refractivity contribution in [1.29, 1.82) is 0 Å². The number of hydrogen-bond acceptors (Lipinski definition) is 5. The first kappa shape index (κ1) is 15.9. The minimum absolute atomic E-state index is 0.136. The topological polar surface area (TPSA) is 57.5 Å². The molecule has 0 saturated carbocycles. The second-order valence-electron chi connectivity index (χ2n) is 4.61. The maximum absolute atomic E-state index is 5.56. The summed E-state index contributed by atoms with van der Waals surface area (Å²) in [4.78, 5) is 0. The lowest BCUT2D eigenvalue weighted by molar-refractivity contribution is -0.0534. The molecule has 7 heteroatoms. The van der Waals surface area contributed by atoms with Gasteiger partial charge in [-0.1, -0.05) is 6.92 Å². The lowest BCUT2D eigenvalue weighted by atomic mass is 10.1. The van der Waals surface area contributed by atoms with Crippen LogP contribution in [0.1, 0.15) is 25.1 Å². The first-order valence-corrected chi connectivity index (χ1v) is 7.72. The molecule has 0 aromatic carbocycles. The van der Waals surface area contributed by atoms with Crippen LogP contribution in [-0.2, 0) is 20.8 Å². The molecule has 0 spiro atoms. The van der Waals surface area contributed by atoms with Crippen molar-refractivity contribution in [2.75, 3.05) is 33.5 Å². The summed E-state index contributed by atoms with van der Waals surface area (Å²) < 4.78 is 19.2. The van der Waals surface area contributed by atoms with E-state index in [4.69, 9.17) is 14.2 Å². The lowest BCUT2D eigenvalue weighted by Crippen LogP contribution is -2.28. The van der Waals surface area contributed by atoms with Gasteiger partial charge in [0, 0.05) is 13.5 Å². The van der Waals surface area contributed by atoms with E-state index in [1.807, 2.05) is 10.9 Å². The summed E-state index contributed by atoms with van der Waals surface area (Å²) in [6.07, 6.45) is 2.45. The van der Waals surface area contributed by atoms with Crippen LogP contribution in [0.25, 0.3) is 0 Å². The fourth-order valence-electron chi connectivity index (χ4n) is 2.35. The number of nitrogens with one attached hydrogen (secondary N) is 1. The zero-order valence-electron chi connectivity index (χ0n) is 12.0. The molecule has 1 unspecified atom stereocenters. The van der Waals surface area contributed by atoms with E-state index in [1.165, 1.54) is 0 Å². The molecule has 2 heterocycles. The number of hydrogen-bond donors (Lipinski definition) is 1. The monoisotopic (exact) mass is 347 g/mol. The maximum Gasteiger partial charge on any atom is 0.159 e. The van der Waals surface area contributed by atoms with Gasteiger partial charge < -0.3 is 19.5 Å². The van der Waals surface area contributed by atoms with E-state index >= 15 is 0 Å². The van der Waals surface area contributed by atoms with Crippen LogP contribution in [0, 0.1) is 0 Å². The fourth-order valence-corrected chi connectivity index (χ4v) is 2.92. The Bertz CT molecular complexity index is 408. The average Bonchev–Trinajstić information content (AvgIpc) is 3.06. The quantitative estimate of drug-likeness (QED) is 0.775. The molecule has 114 valence electrons. The highest BCUT2D eigenvalue weighted by atomic mass is 79.9. The molecule has 1 atom stereocenters. The van der Waals surface area contributed by atoms with E-state index in [2.05, 4.69) is 33.3 Å². The number of rotatable bonds is 8. The van der Waals surface area contributed by atoms with Crippen molar-refractivity contribution < 1.29 is 14.2 Å². The van der Waals surface area contributed by atoms with E-state index in [0.29, 0.717) is 19.8 Å². The molecule has 1 N–H and O–H groups in total. The van der Waals surface area contributed by atoms with Crippen molar-refractivity contribution in [3.05, 3.63) is 16.4 Å². The van der Waals surface area contributed by atoms with E-state index in [1.54, 1.807) is 7.11 Å². The van der Waals surface area contributed by atoms with Crippen LogP contribution in [0.2, 0.25) is 0 Å². The van der Waals surface area contributed by atoms with E-state index in [-0.39, 0.29) is 12.3 Å². The van der Waals surface area contributed by atoms with Crippen LogP contribution in [0.3, 0.4) is 0 Å². The zero-order chi connectivity index (χ0) is 14.4. The predicted octanol–water partition coefficient (Wildman–Crippen LogP) is 1.71. The van der Waals surface area contributed by atoms with Crippen LogP contribution in [0.15, 0.2) is 10.7 Å². The standard InChI is InChI=1S/C13H22BrN3O3/c1-3-15-11(8-12-19-6-7-20-12)13-10(14)9-16-17(13)4-5-18-2/h9,11-12,15H,3-8H2,1-2H3. The molecule has 1 aromatic rings. The Morgan fingerprint density at radius 1 is 1.55 bits per heavy atom. The van der Waals surface area contributed by atoms with Gasteiger partial charge in [0.2, 0.25) is 0 Å². The van der Waals surface area contributed by atoms with Gasteiger partial charge in [-0.2, -0.15) is 5.10 Å². The largest absolute Gasteiger partial charge is 0.383 e. The van der Waals surface area contributed by atoms with Crippen LogP contribution < -0.4 is 5.32 Å². The van der Waals surface area contributed by atoms with Crippen molar-refractivity contribution >= 4 is 15.9 Å². The summed E-state index contributed by atoms with van der Waals surface area (Å²) >= 11 is 3.58. The molecule has 0 bridgehead atoms. The molecule has 1 fully saturated rings. The zero-order valence-corrected chi connectivity index (χ0v) is 13.6. The normalized spacial score (nSPS) is 17.8. The molecule has 2 rings (SSSR count). The lowest BCUT2D eigenvalue weighted by Gasteiger charge is -2.22. The van der Waals surface area contributed by atoms with Crippen molar-refractivity contribution in [3.8, 4) is 0 Å². The van der Waals surface area contributed by atoms with Crippen molar-refractivity contribution in [1.82, 2.24) is 15.1 Å². The molecule has 0 radical (unpaired) electrons. The number of aromatic nitrogens is 2. The van der Waals surface area contributed by atoms with Gasteiger partial charge >= 0.3 is 0 Å². The molecular weight excluding hydrogens is 326 g/mol. The highest BCUT2D eigenvalue weighted by Gasteiger charge is 2.26. The molecule has 0 aliphatic carbocycles. The fraction of sp³-hybridized carbons (Fsp3) is 0.769. The van der Waals surface area contributed by atoms with Gasteiger partial charge in [-0.3, -0.25) is 4.68 Å². The molecule has 1 aliphatic rings. The highest BCUT2D eigenvalue weighted by Crippen LogP contribution is 2.28. The van der Waals surface area contributed by atoms with Gasteiger partial charge in [-0.05, 0) is 22.5 Å². The van der Waals surface area contributed by atoms with Crippen LogP contribution in [0.5, 0.6) is 0 Å². The van der Waals surface area contributed by atoms with Crippen LogP contribution >= 0.6 is 15.9 Å². The van der Waals surface area contributed by atoms with Crippen LogP contribution in [0.4, 0.5) is 0 Å². The Kier molecular flexibility index (Phi) is 6.44. The Labute approximate surface area is 127 Å². The smallest absolute Gasteiger partial charge is 0.159 e. The predicted molar refractivity (Wildman–Crippen MR) is 78.5 cm³/mol. The van der Waals surface area contributed by atoms with Gasteiger partial charge in [0.1, 0.15) is 0 Å². The summed E-state index contributed by atoms with van der Waals surface area (Å²) in [5, 5.41) is 7.88. The molecule has 1 saturated heterocycles. The second kappa shape index (κ2) is 8.09. The first-order chi connectivity index (χ1) is 9.76. The third kappa shape index (κ3) is 4.02. The number of methoxy groups -OCH3 is 1. The molecule has 6 nitrogen and oxygen atoms in total. The van der Waals surface area contributed by atoms with E-state index in [9.17, 15) is 0 Å². The minimum atomic E-state index is -0.142. The van der Waals surface area contributed by atoms with Gasteiger partial charge in [0.25, 0.3) is 0 Å². The summed E-state index contributed by atoms with van der Waals surface area (Å²) in [7, 11) is 1.69. The van der Waals surface area contributed by atoms with Gasteiger partial charge in [-0.25, -0.2) is 0 Å². The van der Waals surface area contributed by atoms with Gasteiger partial charge in [-0.15, -0.1) is 0 Å². The summed E-state index contributed by atoms with van der Waals surface area (Å²) in [5.41, 5.74) is 1.11. The summed E-state index contributed by atoms with van der Waals surface area (Å²) in [6.45, 7) is 5.68. The van der Waals surface area contributed by atoms with E-state index < -0.39 is 0 Å². The van der Waals surface area contributed by atoms with Crippen molar-refractivity contribution in [3.63, 3.8) is 0 Å². The van der Waals surface area contributed by atoms with E-state index in [0.717, 1.165) is 29.7 Å². The summed E-state index contributed by atoms with van der Waals surface area (Å²) in [5.74, 6) is 0. The third-order valence-corrected chi connectivity index (χ3v) is 3.85. The second-order valence-corrected chi connectivity index (χ2v) is 5.47. The SMILES string of the molecule is CCNC(CC1OCCO1)c1c(Br)cnn1CCOC. The maximum atomic E-state index is 5.56. The molecule has 1 aliphatic heterocycles. The number of nitrogens with zero attached hydrogens (tertiary/aromatic N) is 2. The van der Waals surface area contributed by atoms with Crippen LogP contribution in [-0.4, -0.2) is 49.5 Å². The highest BCUT2D eigenvalue weighted by molar-refractivity contribution is 9.10. The Hall–Kier alpha value is -0.470.